The zero-order valence-corrected chi connectivity index (χ0v) is 11.5. The minimum absolute atomic E-state index is 0.111. The largest absolute Gasteiger partial charge is 0.473 e. The molecule has 86 valence electrons. The third-order valence-electron chi connectivity index (χ3n) is 2.47. The Hall–Kier alpha value is -0.780. The molecule has 3 nitrogen and oxygen atoms in total. The van der Waals surface area contributed by atoms with Crippen LogP contribution < -0.4 is 0 Å². The molecule has 0 spiro atoms. The monoisotopic (exact) mass is 331 g/mol. The van der Waals surface area contributed by atoms with Crippen LogP contribution in [0.15, 0.2) is 29.4 Å². The summed E-state index contributed by atoms with van der Waals surface area (Å²) in [7, 11) is 0. The van der Waals surface area contributed by atoms with Crippen molar-refractivity contribution in [2.24, 2.45) is 10.6 Å². The van der Waals surface area contributed by atoms with Crippen molar-refractivity contribution in [2.75, 3.05) is 6.61 Å². The minimum atomic E-state index is -0.111. The fourth-order valence-electron chi connectivity index (χ4n) is 1.42. The molecule has 16 heavy (non-hydrogen) atoms. The van der Waals surface area contributed by atoms with Crippen LogP contribution >= 0.6 is 22.6 Å². The van der Waals surface area contributed by atoms with Gasteiger partial charge >= 0.3 is 0 Å². The average Bonchev–Trinajstić information content (AvgIpc) is 2.57. The lowest BCUT2D eigenvalue weighted by molar-refractivity contribution is 0.132. The van der Waals surface area contributed by atoms with Crippen molar-refractivity contribution in [1.82, 2.24) is 0 Å². The van der Waals surface area contributed by atoms with Crippen LogP contribution in [0.25, 0.3) is 0 Å². The van der Waals surface area contributed by atoms with E-state index in [1.54, 1.807) is 0 Å². The van der Waals surface area contributed by atoms with Gasteiger partial charge in [0, 0.05) is 9.13 Å². The zero-order valence-electron chi connectivity index (χ0n) is 9.37. The van der Waals surface area contributed by atoms with Crippen LogP contribution in [0.4, 0.5) is 0 Å². The van der Waals surface area contributed by atoms with Crippen LogP contribution in [0.1, 0.15) is 19.4 Å². The summed E-state index contributed by atoms with van der Waals surface area (Å²) in [6.45, 7) is 5.27. The smallest absolute Gasteiger partial charge is 0.235 e. The maximum atomic E-state index is 5.71. The van der Waals surface area contributed by atoms with Crippen LogP contribution in [0.5, 0.6) is 0 Å². The maximum absolute atomic E-state index is 5.71. The molecule has 0 fully saturated rings. The number of rotatable bonds is 2. The van der Waals surface area contributed by atoms with Crippen molar-refractivity contribution in [3.8, 4) is 0 Å². The Balaban J connectivity index is 2.01. The van der Waals surface area contributed by atoms with E-state index in [0.29, 0.717) is 19.1 Å². The van der Waals surface area contributed by atoms with Gasteiger partial charge in [0.25, 0.3) is 0 Å². The molecule has 1 aliphatic heterocycles. The van der Waals surface area contributed by atoms with Gasteiger partial charge in [0.05, 0.1) is 5.41 Å². The van der Waals surface area contributed by atoms with Gasteiger partial charge in [0.15, 0.2) is 0 Å². The highest BCUT2D eigenvalue weighted by Crippen LogP contribution is 2.25. The SMILES string of the molecule is CC1(C)CON=C1OCc1ccccc1I. The number of hydrogen-bond donors (Lipinski definition) is 0. The Morgan fingerprint density at radius 1 is 1.44 bits per heavy atom. The van der Waals surface area contributed by atoms with E-state index in [4.69, 9.17) is 9.57 Å². The molecule has 0 aliphatic carbocycles. The molecule has 0 N–H and O–H groups in total. The second kappa shape index (κ2) is 4.61. The first-order valence-corrected chi connectivity index (χ1v) is 6.24. The van der Waals surface area contributed by atoms with Crippen molar-refractivity contribution in [3.63, 3.8) is 0 Å². The van der Waals surface area contributed by atoms with Gasteiger partial charge in [-0.25, -0.2) is 0 Å². The summed E-state index contributed by atoms with van der Waals surface area (Å²) in [5, 5.41) is 3.93. The summed E-state index contributed by atoms with van der Waals surface area (Å²) in [6, 6.07) is 8.16. The number of oxime groups is 1. The lowest BCUT2D eigenvalue weighted by Crippen LogP contribution is -2.25. The van der Waals surface area contributed by atoms with E-state index in [2.05, 4.69) is 53.7 Å². The fourth-order valence-corrected chi connectivity index (χ4v) is 1.96. The second-order valence-corrected chi connectivity index (χ2v) is 5.60. The lowest BCUT2D eigenvalue weighted by Gasteiger charge is -2.17. The quantitative estimate of drug-likeness (QED) is 0.780. The molecule has 0 amide bonds. The van der Waals surface area contributed by atoms with Crippen LogP contribution in [0.3, 0.4) is 0 Å². The summed E-state index contributed by atoms with van der Waals surface area (Å²) < 4.78 is 6.91. The number of benzene rings is 1. The number of nitrogens with zero attached hydrogens (tertiary/aromatic N) is 1. The summed E-state index contributed by atoms with van der Waals surface area (Å²) in [5.74, 6) is 0.687. The normalized spacial score (nSPS) is 17.8. The van der Waals surface area contributed by atoms with Gasteiger partial charge in [-0.1, -0.05) is 23.4 Å². The highest BCUT2D eigenvalue weighted by atomic mass is 127. The van der Waals surface area contributed by atoms with Gasteiger partial charge in [0.1, 0.15) is 13.2 Å². The van der Waals surface area contributed by atoms with E-state index in [1.807, 2.05) is 12.1 Å². The van der Waals surface area contributed by atoms with Crippen molar-refractivity contribution in [3.05, 3.63) is 33.4 Å². The predicted molar refractivity (Wildman–Crippen MR) is 71.1 cm³/mol. The molecule has 2 rings (SSSR count). The van der Waals surface area contributed by atoms with Gasteiger partial charge < -0.3 is 9.57 Å². The molecule has 0 bridgehead atoms. The Bertz CT molecular complexity index is 415. The summed E-state index contributed by atoms with van der Waals surface area (Å²) in [6.07, 6.45) is 0. The maximum Gasteiger partial charge on any atom is 0.235 e. The van der Waals surface area contributed by atoms with E-state index in [0.717, 1.165) is 0 Å². The molecule has 0 atom stereocenters. The summed E-state index contributed by atoms with van der Waals surface area (Å²) >= 11 is 2.30. The number of ether oxygens (including phenoxy) is 1. The first-order valence-electron chi connectivity index (χ1n) is 5.16. The van der Waals surface area contributed by atoms with Gasteiger partial charge in [0.2, 0.25) is 5.90 Å². The molecule has 0 radical (unpaired) electrons. The first-order chi connectivity index (χ1) is 7.59. The van der Waals surface area contributed by atoms with Gasteiger partial charge in [-0.3, -0.25) is 0 Å². The number of hydrogen-bond acceptors (Lipinski definition) is 3. The molecule has 1 heterocycles. The van der Waals surface area contributed by atoms with Crippen molar-refractivity contribution >= 4 is 28.5 Å². The first kappa shape index (κ1) is 11.7. The standard InChI is InChI=1S/C12H14INO2/c1-12(2)8-16-14-11(12)15-7-9-5-3-4-6-10(9)13/h3-6H,7-8H2,1-2H3. The molecule has 1 aliphatic rings. The van der Waals surface area contributed by atoms with E-state index < -0.39 is 0 Å². The third-order valence-corrected chi connectivity index (χ3v) is 3.53. The van der Waals surface area contributed by atoms with Gasteiger partial charge in [-0.05, 0) is 42.5 Å². The molecule has 0 saturated carbocycles. The predicted octanol–water partition coefficient (Wildman–Crippen LogP) is 3.18. The highest BCUT2D eigenvalue weighted by molar-refractivity contribution is 14.1. The Morgan fingerprint density at radius 2 is 2.19 bits per heavy atom. The Morgan fingerprint density at radius 3 is 2.81 bits per heavy atom. The number of halogens is 1. The molecule has 0 unspecified atom stereocenters. The minimum Gasteiger partial charge on any atom is -0.473 e. The van der Waals surface area contributed by atoms with Gasteiger partial charge in [-0.15, -0.1) is 0 Å². The molecule has 0 saturated heterocycles. The Labute approximate surface area is 109 Å². The molecule has 4 heteroatoms. The van der Waals surface area contributed by atoms with Crippen molar-refractivity contribution in [2.45, 2.75) is 20.5 Å². The Kier molecular flexibility index (Phi) is 3.37. The van der Waals surface area contributed by atoms with E-state index in [9.17, 15) is 0 Å². The summed E-state index contributed by atoms with van der Waals surface area (Å²) in [5.41, 5.74) is 1.06. The zero-order chi connectivity index (χ0) is 11.6. The van der Waals surface area contributed by atoms with E-state index in [-0.39, 0.29) is 5.41 Å². The van der Waals surface area contributed by atoms with Crippen LogP contribution in [0, 0.1) is 8.99 Å². The van der Waals surface area contributed by atoms with Crippen LogP contribution in [0.2, 0.25) is 0 Å². The molecule has 1 aromatic carbocycles. The van der Waals surface area contributed by atoms with Crippen LogP contribution in [-0.2, 0) is 16.2 Å². The fraction of sp³-hybridized carbons (Fsp3) is 0.417. The van der Waals surface area contributed by atoms with Crippen molar-refractivity contribution < 1.29 is 9.57 Å². The van der Waals surface area contributed by atoms with E-state index in [1.165, 1.54) is 9.13 Å². The van der Waals surface area contributed by atoms with Gasteiger partial charge in [-0.2, -0.15) is 0 Å². The molecule has 0 aromatic heterocycles. The summed E-state index contributed by atoms with van der Waals surface area (Å²) in [4.78, 5) is 5.05. The lowest BCUT2D eigenvalue weighted by atomic mass is 9.95. The molecular weight excluding hydrogens is 317 g/mol. The van der Waals surface area contributed by atoms with Crippen LogP contribution in [-0.4, -0.2) is 12.5 Å². The van der Waals surface area contributed by atoms with E-state index >= 15 is 0 Å². The average molecular weight is 331 g/mol. The third kappa shape index (κ3) is 2.48. The van der Waals surface area contributed by atoms with Crippen molar-refractivity contribution in [1.29, 1.82) is 0 Å². The topological polar surface area (TPSA) is 30.8 Å². The molecular formula is C12H14INO2. The second-order valence-electron chi connectivity index (χ2n) is 4.43. The highest BCUT2D eigenvalue weighted by Gasteiger charge is 2.33. The molecule has 1 aromatic rings.